The number of hydrogen-bond donors (Lipinski definition) is 0. The first kappa shape index (κ1) is 19.6. The largest absolute Gasteiger partial charge is 0.373 e. The maximum atomic E-state index is 12.0. The first-order valence-corrected chi connectivity index (χ1v) is 9.12. The predicted molar refractivity (Wildman–Crippen MR) is 96.9 cm³/mol. The molecule has 1 aromatic rings. The number of morpholine rings is 1. The quantitative estimate of drug-likeness (QED) is 0.704. The molecule has 2 rings (SSSR count). The summed E-state index contributed by atoms with van der Waals surface area (Å²) in [5.41, 5.74) is 1.06. The summed E-state index contributed by atoms with van der Waals surface area (Å²) in [7, 11) is 1.79. The number of aromatic nitrogens is 2. The van der Waals surface area contributed by atoms with Crippen molar-refractivity contribution >= 4 is 11.7 Å². The summed E-state index contributed by atoms with van der Waals surface area (Å²) in [6, 6.07) is 2.06. The number of aryl methyl sites for hydroxylation is 2. The summed E-state index contributed by atoms with van der Waals surface area (Å²) in [6.07, 6.45) is 1.68. The van der Waals surface area contributed by atoms with Gasteiger partial charge in [0.05, 0.1) is 12.7 Å². The van der Waals surface area contributed by atoms with Crippen LogP contribution in [0.2, 0.25) is 0 Å². The highest BCUT2D eigenvalue weighted by molar-refractivity contribution is 5.77. The number of amides is 1. The minimum atomic E-state index is -0.0329. The minimum Gasteiger partial charge on any atom is -0.373 e. The van der Waals surface area contributed by atoms with Gasteiger partial charge in [-0.05, 0) is 13.3 Å². The Bertz CT molecular complexity index is 545. The van der Waals surface area contributed by atoms with Crippen molar-refractivity contribution in [1.82, 2.24) is 14.9 Å². The van der Waals surface area contributed by atoms with Crippen molar-refractivity contribution < 1.29 is 14.3 Å². The van der Waals surface area contributed by atoms with Crippen molar-refractivity contribution in [2.45, 2.75) is 39.7 Å². The highest BCUT2D eigenvalue weighted by atomic mass is 16.5. The Morgan fingerprint density at radius 2 is 2.16 bits per heavy atom. The Morgan fingerprint density at radius 3 is 2.84 bits per heavy atom. The molecule has 1 aliphatic rings. The van der Waals surface area contributed by atoms with Crippen molar-refractivity contribution in [2.24, 2.45) is 0 Å². The first-order valence-electron chi connectivity index (χ1n) is 9.12. The molecule has 2 heterocycles. The second kappa shape index (κ2) is 9.68. The Balaban J connectivity index is 1.99. The molecule has 1 aromatic heterocycles. The molecule has 1 atom stereocenters. The lowest BCUT2D eigenvalue weighted by Crippen LogP contribution is -2.48. The van der Waals surface area contributed by atoms with Gasteiger partial charge in [-0.15, -0.1) is 0 Å². The third-order valence-corrected chi connectivity index (χ3v) is 4.29. The Morgan fingerprint density at radius 1 is 1.36 bits per heavy atom. The SMILES string of the molecule is CCOCC(=O)N(C)CC1CN(c2cc(CC)nc(CC)n2)CCO1. The zero-order chi connectivity index (χ0) is 18.2. The summed E-state index contributed by atoms with van der Waals surface area (Å²) < 4.78 is 11.0. The van der Waals surface area contributed by atoms with E-state index in [1.807, 2.05) is 6.92 Å². The van der Waals surface area contributed by atoms with Crippen LogP contribution in [0.5, 0.6) is 0 Å². The molecular weight excluding hydrogens is 320 g/mol. The zero-order valence-electron chi connectivity index (χ0n) is 15.8. The number of likely N-dealkylation sites (N-methyl/N-ethyl adjacent to an activating group) is 1. The lowest BCUT2D eigenvalue weighted by atomic mass is 10.2. The van der Waals surface area contributed by atoms with E-state index in [1.54, 1.807) is 11.9 Å². The van der Waals surface area contributed by atoms with Gasteiger partial charge in [-0.25, -0.2) is 9.97 Å². The molecule has 1 fully saturated rings. The number of anilines is 1. The molecule has 0 radical (unpaired) electrons. The third kappa shape index (κ3) is 5.64. The average molecular weight is 350 g/mol. The van der Waals surface area contributed by atoms with E-state index in [-0.39, 0.29) is 18.6 Å². The molecule has 7 heteroatoms. The Labute approximate surface area is 150 Å². The van der Waals surface area contributed by atoms with Crippen molar-refractivity contribution in [2.75, 3.05) is 51.4 Å². The zero-order valence-corrected chi connectivity index (χ0v) is 15.8. The van der Waals surface area contributed by atoms with Crippen LogP contribution < -0.4 is 4.90 Å². The number of rotatable bonds is 8. The number of nitrogens with zero attached hydrogens (tertiary/aromatic N) is 4. The molecule has 7 nitrogen and oxygen atoms in total. The number of hydrogen-bond acceptors (Lipinski definition) is 6. The van der Waals surface area contributed by atoms with Crippen molar-refractivity contribution in [3.63, 3.8) is 0 Å². The van der Waals surface area contributed by atoms with Gasteiger partial charge < -0.3 is 19.3 Å². The molecule has 1 saturated heterocycles. The lowest BCUT2D eigenvalue weighted by Gasteiger charge is -2.35. The fraction of sp³-hybridized carbons (Fsp3) is 0.722. The molecule has 1 aliphatic heterocycles. The van der Waals surface area contributed by atoms with Gasteiger partial charge in [0, 0.05) is 51.5 Å². The number of carbonyl (C=O) groups excluding carboxylic acids is 1. The second-order valence-corrected chi connectivity index (χ2v) is 6.19. The molecule has 0 aromatic carbocycles. The van der Waals surface area contributed by atoms with Gasteiger partial charge in [-0.1, -0.05) is 13.8 Å². The topological polar surface area (TPSA) is 67.8 Å². The monoisotopic (exact) mass is 350 g/mol. The van der Waals surface area contributed by atoms with Crippen LogP contribution >= 0.6 is 0 Å². The summed E-state index contributed by atoms with van der Waals surface area (Å²) in [4.78, 5) is 25.1. The highest BCUT2D eigenvalue weighted by Crippen LogP contribution is 2.18. The van der Waals surface area contributed by atoms with E-state index < -0.39 is 0 Å². The first-order chi connectivity index (χ1) is 12.1. The smallest absolute Gasteiger partial charge is 0.248 e. The van der Waals surface area contributed by atoms with Crippen LogP contribution in [0, 0.1) is 0 Å². The van der Waals surface area contributed by atoms with Crippen LogP contribution in [-0.4, -0.2) is 73.4 Å². The molecule has 0 saturated carbocycles. The summed E-state index contributed by atoms with van der Waals surface area (Å²) in [6.45, 7) is 9.42. The van der Waals surface area contributed by atoms with Crippen molar-refractivity contribution in [1.29, 1.82) is 0 Å². The van der Waals surface area contributed by atoms with Gasteiger partial charge in [-0.3, -0.25) is 4.79 Å². The third-order valence-electron chi connectivity index (χ3n) is 4.29. The molecule has 25 heavy (non-hydrogen) atoms. The van der Waals surface area contributed by atoms with Gasteiger partial charge in [0.25, 0.3) is 0 Å². The maximum absolute atomic E-state index is 12.0. The molecule has 1 unspecified atom stereocenters. The van der Waals surface area contributed by atoms with Gasteiger partial charge in [0.2, 0.25) is 5.91 Å². The van der Waals surface area contributed by atoms with Crippen molar-refractivity contribution in [3.05, 3.63) is 17.6 Å². The number of ether oxygens (including phenoxy) is 2. The van der Waals surface area contributed by atoms with E-state index in [0.29, 0.717) is 19.8 Å². The van der Waals surface area contributed by atoms with E-state index >= 15 is 0 Å². The molecular formula is C18H30N4O3. The van der Waals surface area contributed by atoms with Gasteiger partial charge in [0.15, 0.2) is 0 Å². The fourth-order valence-corrected chi connectivity index (χ4v) is 2.78. The molecule has 1 amide bonds. The molecule has 0 aliphatic carbocycles. The van der Waals surface area contributed by atoms with Crippen LogP contribution in [0.1, 0.15) is 32.3 Å². The second-order valence-electron chi connectivity index (χ2n) is 6.19. The average Bonchev–Trinajstić information content (AvgIpc) is 2.65. The van der Waals surface area contributed by atoms with Crippen LogP contribution in [0.4, 0.5) is 5.82 Å². The van der Waals surface area contributed by atoms with Crippen LogP contribution in [0.25, 0.3) is 0 Å². The molecule has 140 valence electrons. The lowest BCUT2D eigenvalue weighted by molar-refractivity contribution is -0.136. The normalized spacial score (nSPS) is 17.6. The van der Waals surface area contributed by atoms with E-state index in [4.69, 9.17) is 9.47 Å². The summed E-state index contributed by atoms with van der Waals surface area (Å²) in [5, 5.41) is 0. The Kier molecular flexibility index (Phi) is 7.58. The van der Waals surface area contributed by atoms with Crippen molar-refractivity contribution in [3.8, 4) is 0 Å². The summed E-state index contributed by atoms with van der Waals surface area (Å²) >= 11 is 0. The van der Waals surface area contributed by atoms with E-state index in [2.05, 4.69) is 34.8 Å². The molecule has 0 bridgehead atoms. The van der Waals surface area contributed by atoms with Gasteiger partial charge in [-0.2, -0.15) is 0 Å². The van der Waals surface area contributed by atoms with E-state index in [0.717, 1.165) is 43.3 Å². The summed E-state index contributed by atoms with van der Waals surface area (Å²) in [5.74, 6) is 1.81. The molecule has 0 N–H and O–H groups in total. The standard InChI is InChI=1S/C18H30N4O3/c1-5-14-10-17(20-16(6-2)19-14)22-8-9-25-15(12-22)11-21(4)18(23)13-24-7-3/h10,15H,5-9,11-13H2,1-4H3. The maximum Gasteiger partial charge on any atom is 0.248 e. The van der Waals surface area contributed by atoms with Crippen LogP contribution in [0.15, 0.2) is 6.07 Å². The predicted octanol–water partition coefficient (Wildman–Crippen LogP) is 1.30. The van der Waals surface area contributed by atoms with Gasteiger partial charge in [0.1, 0.15) is 18.2 Å². The minimum absolute atomic E-state index is 0.0221. The molecule has 0 spiro atoms. The van der Waals surface area contributed by atoms with Crippen LogP contribution in [-0.2, 0) is 27.1 Å². The van der Waals surface area contributed by atoms with Crippen LogP contribution in [0.3, 0.4) is 0 Å². The highest BCUT2D eigenvalue weighted by Gasteiger charge is 2.24. The fourth-order valence-electron chi connectivity index (χ4n) is 2.78. The van der Waals surface area contributed by atoms with E-state index in [1.165, 1.54) is 0 Å². The Hall–Kier alpha value is -1.73. The number of carbonyl (C=O) groups is 1. The van der Waals surface area contributed by atoms with Gasteiger partial charge >= 0.3 is 0 Å². The van der Waals surface area contributed by atoms with E-state index in [9.17, 15) is 4.79 Å².